The van der Waals surface area contributed by atoms with E-state index in [0.717, 1.165) is 17.3 Å². The smallest absolute Gasteiger partial charge is 0.162 e. The highest BCUT2D eigenvalue weighted by molar-refractivity contribution is 6.36. The van der Waals surface area contributed by atoms with Gasteiger partial charge in [0.1, 0.15) is 5.15 Å². The van der Waals surface area contributed by atoms with Crippen molar-refractivity contribution in [2.45, 2.75) is 13.3 Å². The second-order valence-corrected chi connectivity index (χ2v) is 5.87. The Bertz CT molecular complexity index is 831. The topological polar surface area (TPSA) is 25.8 Å². The number of hydrogen-bond acceptors (Lipinski definition) is 2. The van der Waals surface area contributed by atoms with Crippen molar-refractivity contribution in [3.63, 3.8) is 0 Å². The molecule has 21 heavy (non-hydrogen) atoms. The minimum absolute atomic E-state index is 0.427. The van der Waals surface area contributed by atoms with Crippen LogP contribution in [0.15, 0.2) is 36.4 Å². The van der Waals surface area contributed by atoms with Gasteiger partial charge in [-0.05, 0) is 42.3 Å². The first-order valence-electron chi connectivity index (χ1n) is 6.50. The summed E-state index contributed by atoms with van der Waals surface area (Å²) < 4.78 is 0. The fourth-order valence-corrected chi connectivity index (χ4v) is 2.87. The largest absolute Gasteiger partial charge is 0.228 e. The second kappa shape index (κ2) is 5.80. The summed E-state index contributed by atoms with van der Waals surface area (Å²) in [7, 11) is 0. The Morgan fingerprint density at radius 2 is 1.76 bits per heavy atom. The molecular formula is C16H11Cl3N2. The fraction of sp³-hybridized carbons (Fsp3) is 0.125. The summed E-state index contributed by atoms with van der Waals surface area (Å²) in [6.07, 6.45) is 0.942. The first kappa shape index (κ1) is 14.6. The predicted molar refractivity (Wildman–Crippen MR) is 89.4 cm³/mol. The van der Waals surface area contributed by atoms with E-state index in [2.05, 4.69) is 16.9 Å². The number of aryl methyl sites for hydroxylation is 1. The highest BCUT2D eigenvalue weighted by atomic mass is 35.5. The molecule has 3 aromatic rings. The van der Waals surface area contributed by atoms with E-state index in [0.29, 0.717) is 26.6 Å². The third kappa shape index (κ3) is 2.84. The van der Waals surface area contributed by atoms with Gasteiger partial charge in [-0.1, -0.05) is 47.8 Å². The van der Waals surface area contributed by atoms with Crippen molar-refractivity contribution in [1.29, 1.82) is 0 Å². The lowest BCUT2D eigenvalue weighted by Crippen LogP contribution is -1.93. The number of hydrogen-bond donors (Lipinski definition) is 0. The molecule has 2 nitrogen and oxygen atoms in total. The number of aromatic nitrogens is 2. The molecule has 0 bridgehead atoms. The van der Waals surface area contributed by atoms with Crippen molar-refractivity contribution in [2.75, 3.05) is 0 Å². The summed E-state index contributed by atoms with van der Waals surface area (Å²) in [5.74, 6) is 0.499. The normalized spacial score (nSPS) is 11.0. The van der Waals surface area contributed by atoms with Crippen LogP contribution in [0.1, 0.15) is 12.5 Å². The van der Waals surface area contributed by atoms with Crippen LogP contribution >= 0.6 is 34.8 Å². The summed E-state index contributed by atoms with van der Waals surface area (Å²) in [6, 6.07) is 11.2. The third-order valence-electron chi connectivity index (χ3n) is 3.29. The molecule has 0 N–H and O–H groups in total. The van der Waals surface area contributed by atoms with Gasteiger partial charge in [0.2, 0.25) is 0 Å². The standard InChI is InChI=1S/C16H11Cl3N2/c1-2-9-3-6-14-12(7-9)15(19)21-16(20-14)11-5-4-10(17)8-13(11)18/h3-8H,2H2,1H3. The van der Waals surface area contributed by atoms with Crippen molar-refractivity contribution >= 4 is 45.7 Å². The van der Waals surface area contributed by atoms with Crippen molar-refractivity contribution in [3.05, 3.63) is 57.2 Å². The number of halogens is 3. The van der Waals surface area contributed by atoms with E-state index in [1.165, 1.54) is 5.56 Å². The highest BCUT2D eigenvalue weighted by Crippen LogP contribution is 2.31. The van der Waals surface area contributed by atoms with Gasteiger partial charge in [0.15, 0.2) is 5.82 Å². The number of nitrogens with zero attached hydrogens (tertiary/aromatic N) is 2. The molecule has 1 aromatic heterocycles. The van der Waals surface area contributed by atoms with Gasteiger partial charge in [-0.25, -0.2) is 9.97 Å². The average Bonchev–Trinajstić information content (AvgIpc) is 2.47. The van der Waals surface area contributed by atoms with Crippen LogP contribution in [0.3, 0.4) is 0 Å². The third-order valence-corrected chi connectivity index (χ3v) is 4.13. The lowest BCUT2D eigenvalue weighted by molar-refractivity contribution is 1.14. The Morgan fingerprint density at radius 1 is 0.952 bits per heavy atom. The van der Waals surface area contributed by atoms with Gasteiger partial charge in [-0.3, -0.25) is 0 Å². The van der Waals surface area contributed by atoms with Crippen molar-refractivity contribution in [3.8, 4) is 11.4 Å². The van der Waals surface area contributed by atoms with Crippen LogP contribution in [0, 0.1) is 0 Å². The maximum atomic E-state index is 6.30. The van der Waals surface area contributed by atoms with E-state index in [1.807, 2.05) is 18.2 Å². The van der Waals surface area contributed by atoms with Crippen molar-refractivity contribution in [2.24, 2.45) is 0 Å². The van der Waals surface area contributed by atoms with Gasteiger partial charge in [0, 0.05) is 16.0 Å². The highest BCUT2D eigenvalue weighted by Gasteiger charge is 2.11. The van der Waals surface area contributed by atoms with E-state index in [9.17, 15) is 0 Å². The number of rotatable bonds is 2. The number of fused-ring (bicyclic) bond motifs is 1. The SMILES string of the molecule is CCc1ccc2nc(-c3ccc(Cl)cc3Cl)nc(Cl)c2c1. The maximum Gasteiger partial charge on any atom is 0.162 e. The van der Waals surface area contributed by atoms with Gasteiger partial charge in [0.25, 0.3) is 0 Å². The van der Waals surface area contributed by atoms with Crippen LogP contribution in [0.5, 0.6) is 0 Å². The molecule has 1 heterocycles. The van der Waals surface area contributed by atoms with E-state index in [4.69, 9.17) is 34.8 Å². The summed E-state index contributed by atoms with van der Waals surface area (Å²) in [5, 5.41) is 2.35. The van der Waals surface area contributed by atoms with E-state index >= 15 is 0 Å². The molecule has 0 aliphatic carbocycles. The first-order chi connectivity index (χ1) is 10.1. The molecule has 0 aliphatic rings. The molecule has 0 atom stereocenters. The zero-order chi connectivity index (χ0) is 15.0. The molecule has 0 aliphatic heterocycles. The van der Waals surface area contributed by atoms with Crippen LogP contribution < -0.4 is 0 Å². The predicted octanol–water partition coefficient (Wildman–Crippen LogP) is 5.82. The zero-order valence-corrected chi connectivity index (χ0v) is 13.5. The summed E-state index contributed by atoms with van der Waals surface area (Å²) in [6.45, 7) is 2.10. The number of benzene rings is 2. The average molecular weight is 338 g/mol. The van der Waals surface area contributed by atoms with Gasteiger partial charge >= 0.3 is 0 Å². The fourth-order valence-electron chi connectivity index (χ4n) is 2.15. The molecule has 0 saturated heterocycles. The zero-order valence-electron chi connectivity index (χ0n) is 11.2. The van der Waals surface area contributed by atoms with Crippen LogP contribution in [-0.4, -0.2) is 9.97 Å². The van der Waals surface area contributed by atoms with Gasteiger partial charge < -0.3 is 0 Å². The van der Waals surface area contributed by atoms with Crippen LogP contribution in [0.25, 0.3) is 22.3 Å². The summed E-state index contributed by atoms with van der Waals surface area (Å²) in [4.78, 5) is 8.91. The van der Waals surface area contributed by atoms with E-state index in [-0.39, 0.29) is 0 Å². The van der Waals surface area contributed by atoms with Crippen molar-refractivity contribution in [1.82, 2.24) is 9.97 Å². The molecule has 106 valence electrons. The second-order valence-electron chi connectivity index (χ2n) is 4.67. The molecule has 0 spiro atoms. The molecular weight excluding hydrogens is 327 g/mol. The Morgan fingerprint density at radius 3 is 2.48 bits per heavy atom. The lowest BCUT2D eigenvalue weighted by Gasteiger charge is -2.07. The minimum Gasteiger partial charge on any atom is -0.228 e. The molecule has 3 rings (SSSR count). The minimum atomic E-state index is 0.427. The molecule has 5 heteroatoms. The van der Waals surface area contributed by atoms with E-state index < -0.39 is 0 Å². The van der Waals surface area contributed by atoms with Crippen LogP contribution in [0.2, 0.25) is 15.2 Å². The summed E-state index contributed by atoms with van der Waals surface area (Å²) in [5.41, 5.74) is 2.71. The monoisotopic (exact) mass is 336 g/mol. The molecule has 0 amide bonds. The van der Waals surface area contributed by atoms with Crippen LogP contribution in [0.4, 0.5) is 0 Å². The quantitative estimate of drug-likeness (QED) is 0.551. The lowest BCUT2D eigenvalue weighted by atomic mass is 10.1. The Balaban J connectivity index is 2.20. The van der Waals surface area contributed by atoms with Crippen LogP contribution in [-0.2, 0) is 6.42 Å². The first-order valence-corrected chi connectivity index (χ1v) is 7.63. The molecule has 0 fully saturated rings. The van der Waals surface area contributed by atoms with E-state index in [1.54, 1.807) is 18.2 Å². The molecule has 2 aromatic carbocycles. The Hall–Kier alpha value is -1.35. The Kier molecular flexibility index (Phi) is 4.03. The Labute approximate surface area is 137 Å². The maximum absolute atomic E-state index is 6.30. The molecule has 0 unspecified atom stereocenters. The summed E-state index contributed by atoms with van der Waals surface area (Å²) >= 11 is 18.4. The van der Waals surface area contributed by atoms with Crippen molar-refractivity contribution < 1.29 is 0 Å². The molecule has 0 radical (unpaired) electrons. The molecule has 0 saturated carbocycles. The van der Waals surface area contributed by atoms with Gasteiger partial charge in [-0.15, -0.1) is 0 Å². The van der Waals surface area contributed by atoms with Gasteiger partial charge in [0.05, 0.1) is 10.5 Å². The van der Waals surface area contributed by atoms with Gasteiger partial charge in [-0.2, -0.15) is 0 Å².